The van der Waals surface area contributed by atoms with Crippen molar-refractivity contribution in [2.24, 2.45) is 28.4 Å². The molecule has 2 bridgehead atoms. The number of carboxylic acid groups (broad SMARTS) is 1. The minimum Gasteiger partial charge on any atom is -0.465 e. The molecule has 1 unspecified atom stereocenters. The van der Waals surface area contributed by atoms with Crippen molar-refractivity contribution < 1.29 is 14.3 Å². The topological polar surface area (TPSA) is 134 Å². The van der Waals surface area contributed by atoms with Gasteiger partial charge in [0, 0.05) is 12.5 Å². The summed E-state index contributed by atoms with van der Waals surface area (Å²) in [5.74, 6) is 12.7. The van der Waals surface area contributed by atoms with Gasteiger partial charge in [-0.05, 0) is 75.4 Å². The van der Waals surface area contributed by atoms with Crippen molar-refractivity contribution in [1.82, 2.24) is 9.91 Å². The summed E-state index contributed by atoms with van der Waals surface area (Å²) in [6, 6.07) is 6.40. The van der Waals surface area contributed by atoms with Gasteiger partial charge in [-0.3, -0.25) is 5.01 Å². The highest BCUT2D eigenvalue weighted by Crippen LogP contribution is 2.28. The SMILES string of the molecule is C1CN2CCC1CC2.N/N=C1/C(c2ccc(F)cc2)CCCN1N.NC(=O)O. The van der Waals surface area contributed by atoms with Gasteiger partial charge in [0.25, 0.3) is 0 Å². The Morgan fingerprint density at radius 1 is 1.07 bits per heavy atom. The first-order valence-electron chi connectivity index (χ1n) is 9.67. The number of nitrogens with two attached hydrogens (primary N) is 3. The van der Waals surface area contributed by atoms with Crippen molar-refractivity contribution in [2.75, 3.05) is 26.2 Å². The van der Waals surface area contributed by atoms with E-state index < -0.39 is 6.09 Å². The zero-order valence-corrected chi connectivity index (χ0v) is 16.1. The smallest absolute Gasteiger partial charge is 0.402 e. The summed E-state index contributed by atoms with van der Waals surface area (Å²) in [5.41, 5.74) is 5.03. The van der Waals surface area contributed by atoms with Gasteiger partial charge in [-0.15, -0.1) is 0 Å². The minimum absolute atomic E-state index is 0.0735. The van der Waals surface area contributed by atoms with E-state index in [-0.39, 0.29) is 11.7 Å². The number of hydrogen-bond donors (Lipinski definition) is 4. The molecular formula is C19H31FN6O2. The Bertz CT molecular complexity index is 619. The Morgan fingerprint density at radius 3 is 2.00 bits per heavy atom. The van der Waals surface area contributed by atoms with E-state index in [1.54, 1.807) is 17.1 Å². The second kappa shape index (κ2) is 10.8. The van der Waals surface area contributed by atoms with Crippen LogP contribution in [-0.4, -0.2) is 53.1 Å². The fraction of sp³-hybridized carbons (Fsp3) is 0.579. The van der Waals surface area contributed by atoms with Crippen molar-refractivity contribution in [3.63, 3.8) is 0 Å². The van der Waals surface area contributed by atoms with Gasteiger partial charge in [0.15, 0.2) is 0 Å². The molecule has 4 heterocycles. The molecule has 1 aromatic rings. The predicted octanol–water partition coefficient (Wildman–Crippen LogP) is 1.88. The number of primary amides is 1. The van der Waals surface area contributed by atoms with Crippen LogP contribution in [0.4, 0.5) is 9.18 Å². The molecule has 0 aliphatic carbocycles. The molecule has 0 radical (unpaired) electrons. The average Bonchev–Trinajstić information content (AvgIpc) is 2.70. The first-order valence-corrected chi connectivity index (χ1v) is 9.67. The van der Waals surface area contributed by atoms with Gasteiger partial charge in [0.1, 0.15) is 11.7 Å². The standard InChI is InChI=1S/C11H15FN4.C7H13N.CH3NO2/c12-9-5-3-8(4-6-9)10-2-1-7-16(14)11(10)15-13;1-4-8-5-2-7(1)3-6-8;2-1(3)4/h3-6,10H,1-2,7,13-14H2;7H,1-6H2;2H2,(H,3,4)/b15-11-;;. The maximum Gasteiger partial charge on any atom is 0.402 e. The van der Waals surface area contributed by atoms with E-state index in [1.807, 2.05) is 0 Å². The van der Waals surface area contributed by atoms with E-state index in [1.165, 1.54) is 51.0 Å². The summed E-state index contributed by atoms with van der Waals surface area (Å²) < 4.78 is 12.8. The van der Waals surface area contributed by atoms with Crippen LogP contribution in [0.1, 0.15) is 43.6 Å². The van der Waals surface area contributed by atoms with Crippen molar-refractivity contribution in [3.8, 4) is 0 Å². The molecule has 8 nitrogen and oxygen atoms in total. The molecule has 1 amide bonds. The predicted molar refractivity (Wildman–Crippen MR) is 107 cm³/mol. The van der Waals surface area contributed by atoms with Gasteiger partial charge in [0.05, 0.1) is 0 Å². The lowest BCUT2D eigenvalue weighted by Gasteiger charge is -2.38. The van der Waals surface area contributed by atoms with Crippen molar-refractivity contribution in [3.05, 3.63) is 35.6 Å². The second-order valence-electron chi connectivity index (χ2n) is 7.34. The lowest BCUT2D eigenvalue weighted by molar-refractivity contribution is 0.111. The molecule has 28 heavy (non-hydrogen) atoms. The summed E-state index contributed by atoms with van der Waals surface area (Å²) in [6.07, 6.45) is 5.05. The molecule has 4 aliphatic heterocycles. The summed E-state index contributed by atoms with van der Waals surface area (Å²) in [5, 5.41) is 12.5. The van der Waals surface area contributed by atoms with Crippen LogP contribution in [0.5, 0.6) is 0 Å². The monoisotopic (exact) mass is 394 g/mol. The molecule has 7 N–H and O–H groups in total. The van der Waals surface area contributed by atoms with E-state index in [0.717, 1.165) is 30.9 Å². The van der Waals surface area contributed by atoms with Gasteiger partial charge in [-0.1, -0.05) is 12.1 Å². The quantitative estimate of drug-likeness (QED) is 0.424. The van der Waals surface area contributed by atoms with E-state index in [9.17, 15) is 4.39 Å². The number of halogens is 1. The minimum atomic E-state index is -1.33. The van der Waals surface area contributed by atoms with Gasteiger partial charge in [-0.25, -0.2) is 15.0 Å². The Labute approximate surface area is 165 Å². The number of benzene rings is 1. The maximum absolute atomic E-state index is 12.8. The molecule has 156 valence electrons. The highest BCUT2D eigenvalue weighted by molar-refractivity contribution is 5.89. The summed E-state index contributed by atoms with van der Waals surface area (Å²) in [6.45, 7) is 4.94. The Hall–Kier alpha value is -2.39. The first kappa shape index (κ1) is 21.9. The van der Waals surface area contributed by atoms with Crippen LogP contribution in [-0.2, 0) is 0 Å². The van der Waals surface area contributed by atoms with E-state index in [0.29, 0.717) is 5.84 Å². The number of carbonyl (C=O) groups is 1. The van der Waals surface area contributed by atoms with Crippen LogP contribution < -0.4 is 17.4 Å². The zero-order chi connectivity index (χ0) is 20.5. The van der Waals surface area contributed by atoms with Gasteiger partial charge >= 0.3 is 6.09 Å². The number of piperidine rings is 4. The number of amides is 1. The average molecular weight is 394 g/mol. The molecule has 0 spiro atoms. The highest BCUT2D eigenvalue weighted by Gasteiger charge is 2.26. The molecule has 4 fully saturated rings. The number of hydrazone groups is 1. The third-order valence-corrected chi connectivity index (χ3v) is 5.46. The summed E-state index contributed by atoms with van der Waals surface area (Å²) in [7, 11) is 0. The van der Waals surface area contributed by atoms with Crippen molar-refractivity contribution in [1.29, 1.82) is 0 Å². The van der Waals surface area contributed by atoms with E-state index >= 15 is 0 Å². The molecule has 0 saturated carbocycles. The Balaban J connectivity index is 0.000000193. The first-order chi connectivity index (χ1) is 13.4. The lowest BCUT2D eigenvalue weighted by Crippen LogP contribution is -2.45. The van der Waals surface area contributed by atoms with Gasteiger partial charge < -0.3 is 21.6 Å². The molecular weight excluding hydrogens is 363 g/mol. The second-order valence-corrected chi connectivity index (χ2v) is 7.34. The van der Waals surface area contributed by atoms with Crippen LogP contribution in [0, 0.1) is 11.7 Å². The zero-order valence-electron chi connectivity index (χ0n) is 16.1. The fourth-order valence-electron chi connectivity index (χ4n) is 3.95. The van der Waals surface area contributed by atoms with Crippen LogP contribution in [0.15, 0.2) is 29.4 Å². The molecule has 4 aliphatic rings. The Morgan fingerprint density at radius 2 is 1.61 bits per heavy atom. The van der Waals surface area contributed by atoms with Crippen molar-refractivity contribution >= 4 is 11.9 Å². The highest BCUT2D eigenvalue weighted by atomic mass is 19.1. The maximum atomic E-state index is 12.8. The third-order valence-electron chi connectivity index (χ3n) is 5.46. The van der Waals surface area contributed by atoms with Crippen LogP contribution >= 0.6 is 0 Å². The van der Waals surface area contributed by atoms with E-state index in [2.05, 4.69) is 15.7 Å². The van der Waals surface area contributed by atoms with Crippen LogP contribution in [0.3, 0.4) is 0 Å². The molecule has 5 rings (SSSR count). The van der Waals surface area contributed by atoms with Crippen LogP contribution in [0.2, 0.25) is 0 Å². The number of hydrazine groups is 1. The molecule has 1 atom stereocenters. The largest absolute Gasteiger partial charge is 0.465 e. The van der Waals surface area contributed by atoms with Crippen LogP contribution in [0.25, 0.3) is 0 Å². The lowest BCUT2D eigenvalue weighted by atomic mass is 9.89. The molecule has 0 aromatic heterocycles. The van der Waals surface area contributed by atoms with Crippen molar-refractivity contribution in [2.45, 2.75) is 38.0 Å². The summed E-state index contributed by atoms with van der Waals surface area (Å²) >= 11 is 0. The molecule has 9 heteroatoms. The summed E-state index contributed by atoms with van der Waals surface area (Å²) in [4.78, 5) is 11.4. The number of fused-ring (bicyclic) bond motifs is 3. The van der Waals surface area contributed by atoms with Gasteiger partial charge in [0.2, 0.25) is 0 Å². The van der Waals surface area contributed by atoms with Gasteiger partial charge in [-0.2, -0.15) is 5.10 Å². The Kier molecular flexibility index (Phi) is 8.46. The third kappa shape index (κ3) is 6.65. The van der Waals surface area contributed by atoms with E-state index in [4.69, 9.17) is 21.6 Å². The normalized spacial score (nSPS) is 27.3. The fourth-order valence-corrected chi connectivity index (χ4v) is 3.95. The molecule has 4 saturated heterocycles. The number of rotatable bonds is 1. The number of nitrogens with zero attached hydrogens (tertiary/aromatic N) is 3. The number of hydrogen-bond acceptors (Lipinski definition) is 5. The number of amidine groups is 1. The molecule has 1 aromatic carbocycles.